The number of rotatable bonds is 3. The number of hydrogen-bond donors (Lipinski definition) is 0. The highest BCUT2D eigenvalue weighted by Crippen LogP contribution is 2.36. The Morgan fingerprint density at radius 1 is 1.00 bits per heavy atom. The number of aromatic nitrogens is 1. The van der Waals surface area contributed by atoms with Crippen molar-refractivity contribution in [2.75, 3.05) is 19.6 Å². The minimum atomic E-state index is -0.458. The predicted molar refractivity (Wildman–Crippen MR) is 114 cm³/mol. The lowest BCUT2D eigenvalue weighted by atomic mass is 9.83. The molecule has 0 aliphatic carbocycles. The molecule has 5 rings (SSSR count). The first-order chi connectivity index (χ1) is 15.1. The highest BCUT2D eigenvalue weighted by atomic mass is 16.6. The van der Waals surface area contributed by atoms with Gasteiger partial charge in [0.15, 0.2) is 0 Å². The number of amides is 2. The maximum absolute atomic E-state index is 13.4. The van der Waals surface area contributed by atoms with Crippen molar-refractivity contribution in [1.82, 2.24) is 14.4 Å². The topological polar surface area (TPSA) is 71.8 Å². The van der Waals surface area contributed by atoms with E-state index in [-0.39, 0.29) is 29.9 Å². The molecule has 162 valence electrons. The Balaban J connectivity index is 1.26. The lowest BCUT2D eigenvalue weighted by molar-refractivity contribution is -0.138. The van der Waals surface area contributed by atoms with Crippen LogP contribution >= 0.6 is 0 Å². The van der Waals surface area contributed by atoms with Crippen LogP contribution in [0.4, 0.5) is 4.79 Å². The van der Waals surface area contributed by atoms with Crippen LogP contribution in [0.15, 0.2) is 53.3 Å². The summed E-state index contributed by atoms with van der Waals surface area (Å²) in [7, 11) is 0. The average molecular weight is 421 g/mol. The summed E-state index contributed by atoms with van der Waals surface area (Å²) in [6, 6.07) is 14.5. The van der Waals surface area contributed by atoms with E-state index in [1.807, 2.05) is 45.9 Å². The molecule has 31 heavy (non-hydrogen) atoms. The summed E-state index contributed by atoms with van der Waals surface area (Å²) < 4.78 is 7.36. The second kappa shape index (κ2) is 8.21. The summed E-state index contributed by atoms with van der Waals surface area (Å²) in [6.45, 7) is 2.64. The third-order valence-corrected chi connectivity index (χ3v) is 6.77. The molecule has 3 atom stereocenters. The fourth-order valence-corrected chi connectivity index (χ4v) is 5.33. The smallest absolute Gasteiger partial charge is 0.410 e. The first kappa shape index (κ1) is 19.8. The Bertz CT molecular complexity index is 1030. The maximum atomic E-state index is 13.4. The van der Waals surface area contributed by atoms with Crippen LogP contribution in [0.5, 0.6) is 0 Å². The Morgan fingerprint density at radius 2 is 1.84 bits per heavy atom. The molecule has 7 heteroatoms. The molecule has 0 radical (unpaired) electrons. The van der Waals surface area contributed by atoms with Gasteiger partial charge in [-0.05, 0) is 36.8 Å². The van der Waals surface area contributed by atoms with E-state index in [1.54, 1.807) is 17.0 Å². The minimum Gasteiger partial charge on any atom is -0.445 e. The van der Waals surface area contributed by atoms with Gasteiger partial charge in [-0.15, -0.1) is 0 Å². The SMILES string of the molecule is O=C([C@H]1CCCN1C(=O)OCc1ccccc1)N1C[C@@H]2C[C@H](C1)c1cccc(=O)n1C2. The molecule has 2 amide bonds. The monoisotopic (exact) mass is 421 g/mol. The van der Waals surface area contributed by atoms with Gasteiger partial charge in [-0.2, -0.15) is 0 Å². The molecule has 0 unspecified atom stereocenters. The van der Waals surface area contributed by atoms with E-state index in [0.29, 0.717) is 32.6 Å². The van der Waals surface area contributed by atoms with Crippen molar-refractivity contribution in [1.29, 1.82) is 0 Å². The van der Waals surface area contributed by atoms with Crippen LogP contribution in [-0.2, 0) is 22.7 Å². The molecule has 3 aliphatic heterocycles. The zero-order valence-electron chi connectivity index (χ0n) is 17.5. The summed E-state index contributed by atoms with van der Waals surface area (Å²) in [4.78, 5) is 41.8. The summed E-state index contributed by atoms with van der Waals surface area (Å²) in [5.74, 6) is 0.455. The lowest BCUT2D eigenvalue weighted by Crippen LogP contribution is -2.54. The third kappa shape index (κ3) is 3.84. The van der Waals surface area contributed by atoms with Gasteiger partial charge in [-0.1, -0.05) is 36.4 Å². The van der Waals surface area contributed by atoms with Crippen molar-refractivity contribution in [3.8, 4) is 0 Å². The van der Waals surface area contributed by atoms with Crippen molar-refractivity contribution in [2.45, 2.75) is 44.4 Å². The first-order valence-corrected chi connectivity index (χ1v) is 11.1. The van der Waals surface area contributed by atoms with Gasteiger partial charge in [0.2, 0.25) is 5.91 Å². The number of likely N-dealkylation sites (tertiary alicyclic amines) is 2. The summed E-state index contributed by atoms with van der Waals surface area (Å²) >= 11 is 0. The molecule has 2 saturated heterocycles. The molecular weight excluding hydrogens is 394 g/mol. The fourth-order valence-electron chi connectivity index (χ4n) is 5.33. The number of ether oxygens (including phenoxy) is 1. The summed E-state index contributed by atoms with van der Waals surface area (Å²) in [5, 5.41) is 0. The maximum Gasteiger partial charge on any atom is 0.410 e. The van der Waals surface area contributed by atoms with E-state index in [9.17, 15) is 14.4 Å². The fraction of sp³-hybridized carbons (Fsp3) is 0.458. The van der Waals surface area contributed by atoms with Crippen LogP contribution in [0.1, 0.15) is 36.4 Å². The molecule has 3 aliphatic rings. The number of fused-ring (bicyclic) bond motifs is 4. The van der Waals surface area contributed by atoms with Gasteiger partial charge in [0.05, 0.1) is 0 Å². The van der Waals surface area contributed by atoms with E-state index < -0.39 is 12.1 Å². The normalized spacial score (nSPS) is 24.6. The molecule has 2 fully saturated rings. The Labute approximate surface area is 181 Å². The van der Waals surface area contributed by atoms with Crippen LogP contribution in [0.3, 0.4) is 0 Å². The molecule has 4 heterocycles. The van der Waals surface area contributed by atoms with Gasteiger partial charge in [0, 0.05) is 43.9 Å². The van der Waals surface area contributed by atoms with Crippen molar-refractivity contribution in [2.24, 2.45) is 5.92 Å². The zero-order chi connectivity index (χ0) is 21.4. The molecule has 7 nitrogen and oxygen atoms in total. The highest BCUT2D eigenvalue weighted by molar-refractivity contribution is 5.86. The van der Waals surface area contributed by atoms with E-state index in [4.69, 9.17) is 4.74 Å². The number of piperidine rings is 1. The van der Waals surface area contributed by atoms with Gasteiger partial charge in [0.1, 0.15) is 12.6 Å². The van der Waals surface area contributed by atoms with E-state index in [2.05, 4.69) is 0 Å². The predicted octanol–water partition coefficient (Wildman–Crippen LogP) is 2.60. The minimum absolute atomic E-state index is 0.00980. The van der Waals surface area contributed by atoms with E-state index >= 15 is 0 Å². The van der Waals surface area contributed by atoms with E-state index in [0.717, 1.165) is 24.1 Å². The lowest BCUT2D eigenvalue weighted by Gasteiger charge is -2.43. The number of carbonyl (C=O) groups excluding carboxylic acids is 2. The number of carbonyl (C=O) groups is 2. The van der Waals surface area contributed by atoms with Crippen LogP contribution in [0.2, 0.25) is 0 Å². The Kier molecular flexibility index (Phi) is 5.26. The number of pyridine rings is 1. The molecule has 2 aromatic rings. The molecule has 0 spiro atoms. The highest BCUT2D eigenvalue weighted by Gasteiger charge is 2.42. The largest absolute Gasteiger partial charge is 0.445 e. The number of hydrogen-bond acceptors (Lipinski definition) is 4. The van der Waals surface area contributed by atoms with Crippen molar-refractivity contribution >= 4 is 12.0 Å². The quantitative estimate of drug-likeness (QED) is 0.764. The first-order valence-electron chi connectivity index (χ1n) is 11.1. The van der Waals surface area contributed by atoms with Crippen LogP contribution in [0.25, 0.3) is 0 Å². The number of benzene rings is 1. The number of nitrogens with zero attached hydrogens (tertiary/aromatic N) is 3. The van der Waals surface area contributed by atoms with Gasteiger partial charge >= 0.3 is 6.09 Å². The molecule has 0 saturated carbocycles. The summed E-state index contributed by atoms with van der Waals surface area (Å²) in [6.07, 6.45) is 2.05. The molecule has 2 bridgehead atoms. The molecular formula is C24H27N3O4. The Morgan fingerprint density at radius 3 is 2.68 bits per heavy atom. The second-order valence-corrected chi connectivity index (χ2v) is 8.83. The van der Waals surface area contributed by atoms with E-state index in [1.165, 1.54) is 0 Å². The van der Waals surface area contributed by atoms with Gasteiger partial charge in [-0.25, -0.2) is 4.79 Å². The second-order valence-electron chi connectivity index (χ2n) is 8.83. The standard InChI is InChI=1S/C24H27N3O4/c28-22-10-4-8-20-19-12-18(14-27(20)22)13-25(15-19)23(29)21-9-5-11-26(21)24(30)31-16-17-6-2-1-3-7-17/h1-4,6-8,10,18-19,21H,5,9,11-16H2/t18-,19+,21+/m0/s1. The van der Waals surface area contributed by atoms with Gasteiger partial charge < -0.3 is 14.2 Å². The molecule has 1 aromatic carbocycles. The summed E-state index contributed by atoms with van der Waals surface area (Å²) in [5.41, 5.74) is 1.98. The van der Waals surface area contributed by atoms with Crippen molar-refractivity contribution < 1.29 is 14.3 Å². The van der Waals surface area contributed by atoms with Gasteiger partial charge in [0.25, 0.3) is 5.56 Å². The Hall–Kier alpha value is -3.09. The average Bonchev–Trinajstić information content (AvgIpc) is 3.28. The van der Waals surface area contributed by atoms with Crippen LogP contribution in [-0.4, -0.2) is 52.0 Å². The van der Waals surface area contributed by atoms with Crippen LogP contribution < -0.4 is 5.56 Å². The molecule has 1 aromatic heterocycles. The third-order valence-electron chi connectivity index (χ3n) is 6.77. The molecule has 0 N–H and O–H groups in total. The zero-order valence-corrected chi connectivity index (χ0v) is 17.5. The van der Waals surface area contributed by atoms with Crippen molar-refractivity contribution in [3.63, 3.8) is 0 Å². The van der Waals surface area contributed by atoms with Gasteiger partial charge in [-0.3, -0.25) is 14.5 Å². The van der Waals surface area contributed by atoms with Crippen molar-refractivity contribution in [3.05, 3.63) is 70.1 Å². The van der Waals surface area contributed by atoms with Crippen LogP contribution in [0, 0.1) is 5.92 Å².